The summed E-state index contributed by atoms with van der Waals surface area (Å²) in [6.07, 6.45) is 5.41. The van der Waals surface area contributed by atoms with Crippen LogP contribution < -0.4 is 10.6 Å². The second-order valence-electron chi connectivity index (χ2n) is 6.64. The van der Waals surface area contributed by atoms with Gasteiger partial charge in [0.05, 0.1) is 17.0 Å². The van der Waals surface area contributed by atoms with Gasteiger partial charge in [0.25, 0.3) is 0 Å². The Balaban J connectivity index is 1.54. The fourth-order valence-electron chi connectivity index (χ4n) is 2.97. The molecule has 3 rings (SSSR count). The highest BCUT2D eigenvalue weighted by molar-refractivity contribution is 6.30. The first-order valence-corrected chi connectivity index (χ1v) is 8.87. The molecular formula is C17H23ClN4O2. The van der Waals surface area contributed by atoms with Crippen molar-refractivity contribution in [2.45, 2.75) is 44.7 Å². The number of nitrogens with zero attached hydrogens (tertiary/aromatic N) is 2. The number of piperidine rings is 1. The Labute approximate surface area is 147 Å². The van der Waals surface area contributed by atoms with Crippen molar-refractivity contribution < 1.29 is 9.59 Å². The summed E-state index contributed by atoms with van der Waals surface area (Å²) < 4.78 is 0. The number of aromatic nitrogens is 1. The van der Waals surface area contributed by atoms with E-state index in [1.807, 2.05) is 6.92 Å². The van der Waals surface area contributed by atoms with Gasteiger partial charge >= 0.3 is 0 Å². The third-order valence-electron chi connectivity index (χ3n) is 4.65. The van der Waals surface area contributed by atoms with Crippen molar-refractivity contribution in [3.05, 3.63) is 23.4 Å². The van der Waals surface area contributed by atoms with Gasteiger partial charge in [-0.15, -0.1) is 0 Å². The highest BCUT2D eigenvalue weighted by atomic mass is 35.5. The maximum absolute atomic E-state index is 12.5. The van der Waals surface area contributed by atoms with Crippen LogP contribution in [0.2, 0.25) is 5.02 Å². The summed E-state index contributed by atoms with van der Waals surface area (Å²) in [4.78, 5) is 30.9. The molecule has 2 aliphatic rings. The third kappa shape index (κ3) is 4.45. The summed E-state index contributed by atoms with van der Waals surface area (Å²) in [6.45, 7) is 3.36. The Bertz CT molecular complexity index is 603. The second-order valence-corrected chi connectivity index (χ2v) is 7.08. The maximum Gasteiger partial charge on any atom is 0.237 e. The first-order valence-electron chi connectivity index (χ1n) is 8.50. The highest BCUT2D eigenvalue weighted by Crippen LogP contribution is 2.22. The quantitative estimate of drug-likeness (QED) is 0.852. The number of likely N-dealkylation sites (tertiary alicyclic amines) is 1. The normalized spacial score (nSPS) is 22.7. The molecule has 0 spiro atoms. The van der Waals surface area contributed by atoms with Crippen molar-refractivity contribution in [2.24, 2.45) is 5.92 Å². The molecule has 2 amide bonds. The van der Waals surface area contributed by atoms with Gasteiger partial charge in [0.15, 0.2) is 0 Å². The number of carbonyl (C=O) groups is 2. The SMILES string of the molecule is C[C@H](C(=O)NC1CC1)N1CCC[C@H](C(=O)Nc2ccc(Cl)cn2)C1. The number of carbonyl (C=O) groups excluding carboxylic acids is 2. The Morgan fingerprint density at radius 3 is 2.79 bits per heavy atom. The molecule has 1 aromatic heterocycles. The second kappa shape index (κ2) is 7.49. The van der Waals surface area contributed by atoms with Gasteiger partial charge in [0, 0.05) is 18.8 Å². The van der Waals surface area contributed by atoms with Gasteiger partial charge in [0.2, 0.25) is 11.8 Å². The molecule has 2 atom stereocenters. The maximum atomic E-state index is 12.5. The average Bonchev–Trinajstić information content (AvgIpc) is 3.40. The number of hydrogen-bond donors (Lipinski definition) is 2. The van der Waals surface area contributed by atoms with Gasteiger partial charge in [-0.3, -0.25) is 14.5 Å². The monoisotopic (exact) mass is 350 g/mol. The zero-order chi connectivity index (χ0) is 17.1. The molecule has 0 bridgehead atoms. The molecule has 1 saturated carbocycles. The number of anilines is 1. The smallest absolute Gasteiger partial charge is 0.237 e. The van der Waals surface area contributed by atoms with Crippen LogP contribution >= 0.6 is 11.6 Å². The lowest BCUT2D eigenvalue weighted by Crippen LogP contribution is -2.51. The first-order chi connectivity index (χ1) is 11.5. The van der Waals surface area contributed by atoms with Crippen molar-refractivity contribution in [1.82, 2.24) is 15.2 Å². The van der Waals surface area contributed by atoms with Crippen LogP contribution in [0.4, 0.5) is 5.82 Å². The van der Waals surface area contributed by atoms with Gasteiger partial charge in [-0.2, -0.15) is 0 Å². The third-order valence-corrected chi connectivity index (χ3v) is 4.88. The summed E-state index contributed by atoms with van der Waals surface area (Å²) in [5.74, 6) is 0.385. The van der Waals surface area contributed by atoms with Crippen LogP contribution in [0.3, 0.4) is 0 Å². The molecule has 6 nitrogen and oxygen atoms in total. The molecule has 2 heterocycles. The zero-order valence-corrected chi connectivity index (χ0v) is 14.6. The Hall–Kier alpha value is -1.66. The van der Waals surface area contributed by atoms with E-state index in [9.17, 15) is 9.59 Å². The summed E-state index contributed by atoms with van der Waals surface area (Å²) in [6, 6.07) is 3.54. The lowest BCUT2D eigenvalue weighted by molar-refractivity contribution is -0.129. The minimum absolute atomic E-state index is 0.0516. The molecule has 2 N–H and O–H groups in total. The van der Waals surface area contributed by atoms with Crippen LogP contribution in [0.15, 0.2) is 18.3 Å². The van der Waals surface area contributed by atoms with Gasteiger partial charge in [-0.1, -0.05) is 11.6 Å². The molecule has 1 saturated heterocycles. The van der Waals surface area contributed by atoms with E-state index in [4.69, 9.17) is 11.6 Å². The predicted octanol–water partition coefficient (Wildman–Crippen LogP) is 2.05. The lowest BCUT2D eigenvalue weighted by Gasteiger charge is -2.35. The van der Waals surface area contributed by atoms with Crippen molar-refractivity contribution in [1.29, 1.82) is 0 Å². The molecule has 0 radical (unpaired) electrons. The number of pyridine rings is 1. The van der Waals surface area contributed by atoms with Gasteiger partial charge in [-0.05, 0) is 51.3 Å². The summed E-state index contributed by atoms with van der Waals surface area (Å²) >= 11 is 5.80. The van der Waals surface area contributed by atoms with E-state index < -0.39 is 0 Å². The number of hydrogen-bond acceptors (Lipinski definition) is 4. The van der Waals surface area contributed by atoms with E-state index in [1.54, 1.807) is 12.1 Å². The number of amides is 2. The summed E-state index contributed by atoms with van der Waals surface area (Å²) in [7, 11) is 0. The van der Waals surface area contributed by atoms with E-state index in [0.29, 0.717) is 23.4 Å². The van der Waals surface area contributed by atoms with Crippen LogP contribution in [0.25, 0.3) is 0 Å². The van der Waals surface area contributed by atoms with Crippen LogP contribution in [-0.4, -0.2) is 46.9 Å². The van der Waals surface area contributed by atoms with E-state index >= 15 is 0 Å². The minimum Gasteiger partial charge on any atom is -0.352 e. The van der Waals surface area contributed by atoms with Crippen molar-refractivity contribution in [3.8, 4) is 0 Å². The van der Waals surface area contributed by atoms with E-state index in [1.165, 1.54) is 6.20 Å². The summed E-state index contributed by atoms with van der Waals surface area (Å²) in [5, 5.41) is 6.40. The fraction of sp³-hybridized carbons (Fsp3) is 0.588. The highest BCUT2D eigenvalue weighted by Gasteiger charge is 2.33. The van der Waals surface area contributed by atoms with Gasteiger partial charge < -0.3 is 10.6 Å². The molecule has 1 aromatic rings. The van der Waals surface area contributed by atoms with Crippen molar-refractivity contribution in [2.75, 3.05) is 18.4 Å². The van der Waals surface area contributed by atoms with E-state index in [2.05, 4.69) is 20.5 Å². The summed E-state index contributed by atoms with van der Waals surface area (Å²) in [5.41, 5.74) is 0. The largest absolute Gasteiger partial charge is 0.352 e. The molecule has 7 heteroatoms. The van der Waals surface area contributed by atoms with Crippen LogP contribution in [0.5, 0.6) is 0 Å². The van der Waals surface area contributed by atoms with Crippen LogP contribution in [0, 0.1) is 5.92 Å². The van der Waals surface area contributed by atoms with Crippen LogP contribution in [0.1, 0.15) is 32.6 Å². The molecule has 1 aliphatic carbocycles. The molecule has 0 unspecified atom stereocenters. The fourth-order valence-corrected chi connectivity index (χ4v) is 3.08. The lowest BCUT2D eigenvalue weighted by atomic mass is 9.96. The molecule has 24 heavy (non-hydrogen) atoms. The molecule has 130 valence electrons. The number of halogens is 1. The average molecular weight is 351 g/mol. The number of rotatable bonds is 5. The van der Waals surface area contributed by atoms with Gasteiger partial charge in [-0.25, -0.2) is 4.98 Å². The Morgan fingerprint density at radius 2 is 2.12 bits per heavy atom. The van der Waals surface area contributed by atoms with E-state index in [-0.39, 0.29) is 23.8 Å². The topological polar surface area (TPSA) is 74.3 Å². The Morgan fingerprint density at radius 1 is 1.33 bits per heavy atom. The van der Waals surface area contributed by atoms with Crippen LogP contribution in [-0.2, 0) is 9.59 Å². The minimum atomic E-state index is -0.199. The van der Waals surface area contributed by atoms with Crippen molar-refractivity contribution >= 4 is 29.2 Å². The molecule has 0 aromatic carbocycles. The van der Waals surface area contributed by atoms with Gasteiger partial charge in [0.1, 0.15) is 5.82 Å². The van der Waals surface area contributed by atoms with Crippen molar-refractivity contribution in [3.63, 3.8) is 0 Å². The zero-order valence-electron chi connectivity index (χ0n) is 13.8. The standard InChI is InChI=1S/C17H23ClN4O2/c1-11(16(23)20-14-5-6-14)22-8-2-3-12(10-22)17(24)21-15-7-4-13(18)9-19-15/h4,7,9,11-12,14H,2-3,5-6,8,10H2,1H3,(H,20,23)(H,19,21,24)/t11-,12+/m1/s1. The molecular weight excluding hydrogens is 328 g/mol. The molecule has 2 fully saturated rings. The molecule has 1 aliphatic heterocycles. The number of nitrogens with one attached hydrogen (secondary N) is 2. The predicted molar refractivity (Wildman–Crippen MR) is 92.8 cm³/mol. The first kappa shape index (κ1) is 17.2. The van der Waals surface area contributed by atoms with E-state index in [0.717, 1.165) is 32.2 Å². The Kier molecular flexibility index (Phi) is 5.36.